The van der Waals surface area contributed by atoms with Gasteiger partial charge in [0.15, 0.2) is 0 Å². The summed E-state index contributed by atoms with van der Waals surface area (Å²) in [6.45, 7) is 3.92. The molecule has 1 aromatic carbocycles. The minimum absolute atomic E-state index is 0.0363. The average molecular weight is 273 g/mol. The summed E-state index contributed by atoms with van der Waals surface area (Å²) in [5.41, 5.74) is 0.562. The lowest BCUT2D eigenvalue weighted by molar-refractivity contribution is 0.242. The van der Waals surface area contributed by atoms with Crippen molar-refractivity contribution in [2.75, 3.05) is 18.5 Å². The Labute approximate surface area is 111 Å². The number of urea groups is 1. The van der Waals surface area contributed by atoms with Crippen LogP contribution in [0.25, 0.3) is 0 Å². The van der Waals surface area contributed by atoms with Gasteiger partial charge < -0.3 is 20.5 Å². The Morgan fingerprint density at radius 1 is 1.50 bits per heavy atom. The maximum Gasteiger partial charge on any atom is 0.319 e. The van der Waals surface area contributed by atoms with Crippen LogP contribution in [0.2, 0.25) is 5.02 Å². The van der Waals surface area contributed by atoms with E-state index in [9.17, 15) is 4.79 Å². The fourth-order valence-corrected chi connectivity index (χ4v) is 1.50. The Hall–Kier alpha value is -1.46. The SMILES string of the molecule is CC(C)Oc1ccc(NC(=O)NCCO)cc1Cl. The molecule has 18 heavy (non-hydrogen) atoms. The molecule has 0 atom stereocenters. The first kappa shape index (κ1) is 14.6. The van der Waals surface area contributed by atoms with Gasteiger partial charge in [0, 0.05) is 12.2 Å². The fourth-order valence-electron chi connectivity index (χ4n) is 1.27. The number of halogens is 1. The van der Waals surface area contributed by atoms with E-state index in [0.717, 1.165) is 0 Å². The van der Waals surface area contributed by atoms with E-state index in [1.165, 1.54) is 0 Å². The number of ether oxygens (including phenoxy) is 1. The van der Waals surface area contributed by atoms with Gasteiger partial charge in [0.25, 0.3) is 0 Å². The van der Waals surface area contributed by atoms with Crippen molar-refractivity contribution in [3.63, 3.8) is 0 Å². The summed E-state index contributed by atoms with van der Waals surface area (Å²) < 4.78 is 5.48. The lowest BCUT2D eigenvalue weighted by Crippen LogP contribution is -2.30. The number of carbonyl (C=O) groups is 1. The molecule has 1 rings (SSSR count). The highest BCUT2D eigenvalue weighted by Gasteiger charge is 2.06. The van der Waals surface area contributed by atoms with Crippen molar-refractivity contribution < 1.29 is 14.6 Å². The topological polar surface area (TPSA) is 70.6 Å². The molecule has 0 bridgehead atoms. The van der Waals surface area contributed by atoms with Gasteiger partial charge >= 0.3 is 6.03 Å². The van der Waals surface area contributed by atoms with Crippen LogP contribution in [-0.2, 0) is 0 Å². The zero-order valence-electron chi connectivity index (χ0n) is 10.4. The van der Waals surface area contributed by atoms with E-state index in [1.54, 1.807) is 18.2 Å². The second-order valence-corrected chi connectivity index (χ2v) is 4.32. The molecule has 0 heterocycles. The molecule has 100 valence electrons. The van der Waals surface area contributed by atoms with Gasteiger partial charge in [-0.15, -0.1) is 0 Å². The van der Waals surface area contributed by atoms with Gasteiger partial charge in [-0.05, 0) is 32.0 Å². The van der Waals surface area contributed by atoms with Crippen LogP contribution in [-0.4, -0.2) is 30.4 Å². The van der Waals surface area contributed by atoms with Gasteiger partial charge in [0.1, 0.15) is 5.75 Å². The van der Waals surface area contributed by atoms with Crippen LogP contribution in [0, 0.1) is 0 Å². The van der Waals surface area contributed by atoms with Gasteiger partial charge in [0.2, 0.25) is 0 Å². The Bertz CT molecular complexity index is 410. The zero-order chi connectivity index (χ0) is 13.5. The highest BCUT2D eigenvalue weighted by atomic mass is 35.5. The zero-order valence-corrected chi connectivity index (χ0v) is 11.1. The van der Waals surface area contributed by atoms with E-state index in [2.05, 4.69) is 10.6 Å². The molecule has 2 amide bonds. The summed E-state index contributed by atoms with van der Waals surface area (Å²) in [4.78, 5) is 11.3. The van der Waals surface area contributed by atoms with Crippen LogP contribution < -0.4 is 15.4 Å². The third-order valence-corrected chi connectivity index (χ3v) is 2.25. The lowest BCUT2D eigenvalue weighted by Gasteiger charge is -2.12. The molecule has 5 nitrogen and oxygen atoms in total. The number of hydrogen-bond donors (Lipinski definition) is 3. The Balaban J connectivity index is 2.63. The maximum absolute atomic E-state index is 11.3. The number of amides is 2. The number of aliphatic hydroxyl groups is 1. The van der Waals surface area contributed by atoms with Gasteiger partial charge in [-0.1, -0.05) is 11.6 Å². The van der Waals surface area contributed by atoms with Crippen molar-refractivity contribution in [1.29, 1.82) is 0 Å². The summed E-state index contributed by atoms with van der Waals surface area (Å²) in [7, 11) is 0. The molecule has 0 saturated carbocycles. The molecular weight excluding hydrogens is 256 g/mol. The summed E-state index contributed by atoms with van der Waals surface area (Å²) >= 11 is 6.02. The molecule has 0 unspecified atom stereocenters. The normalized spacial score (nSPS) is 10.3. The van der Waals surface area contributed by atoms with Crippen LogP contribution in [0.15, 0.2) is 18.2 Å². The molecule has 0 aromatic heterocycles. The molecule has 0 saturated heterocycles. The third kappa shape index (κ3) is 4.81. The smallest absolute Gasteiger partial charge is 0.319 e. The number of anilines is 1. The van der Waals surface area contributed by atoms with Crippen LogP contribution in [0.4, 0.5) is 10.5 Å². The molecule has 0 aliphatic heterocycles. The number of hydrogen-bond acceptors (Lipinski definition) is 3. The number of carbonyl (C=O) groups excluding carboxylic acids is 1. The van der Waals surface area contributed by atoms with E-state index >= 15 is 0 Å². The largest absolute Gasteiger partial charge is 0.489 e. The number of nitrogens with one attached hydrogen (secondary N) is 2. The average Bonchev–Trinajstić information content (AvgIpc) is 2.29. The number of rotatable bonds is 5. The van der Waals surface area contributed by atoms with Crippen molar-refractivity contribution in [3.05, 3.63) is 23.2 Å². The van der Waals surface area contributed by atoms with Crippen LogP contribution in [0.3, 0.4) is 0 Å². The standard InChI is InChI=1S/C12H17ClN2O3/c1-8(2)18-11-4-3-9(7-10(11)13)15-12(17)14-5-6-16/h3-4,7-8,16H,5-6H2,1-2H3,(H2,14,15,17). The Morgan fingerprint density at radius 3 is 2.78 bits per heavy atom. The van der Waals surface area contributed by atoms with E-state index < -0.39 is 6.03 Å². The van der Waals surface area contributed by atoms with Crippen LogP contribution >= 0.6 is 11.6 Å². The summed E-state index contributed by atoms with van der Waals surface area (Å²) in [5, 5.41) is 14.1. The van der Waals surface area contributed by atoms with E-state index in [1.807, 2.05) is 13.8 Å². The molecule has 0 aliphatic rings. The first-order valence-corrected chi connectivity index (χ1v) is 6.02. The second-order valence-electron chi connectivity index (χ2n) is 3.92. The van der Waals surface area contributed by atoms with E-state index in [-0.39, 0.29) is 19.3 Å². The minimum Gasteiger partial charge on any atom is -0.489 e. The second kappa shape index (κ2) is 7.08. The molecule has 1 aromatic rings. The summed E-state index contributed by atoms with van der Waals surface area (Å²) in [6, 6.07) is 4.61. The fraction of sp³-hybridized carbons (Fsp3) is 0.417. The highest BCUT2D eigenvalue weighted by molar-refractivity contribution is 6.32. The van der Waals surface area contributed by atoms with E-state index in [4.69, 9.17) is 21.4 Å². The summed E-state index contributed by atoms with van der Waals surface area (Å²) in [5.74, 6) is 0.577. The molecule has 3 N–H and O–H groups in total. The molecule has 0 fully saturated rings. The predicted molar refractivity (Wildman–Crippen MR) is 71.3 cm³/mol. The quantitative estimate of drug-likeness (QED) is 0.770. The van der Waals surface area contributed by atoms with Gasteiger partial charge in [-0.25, -0.2) is 4.79 Å². The lowest BCUT2D eigenvalue weighted by atomic mass is 10.3. The Morgan fingerprint density at radius 2 is 2.22 bits per heavy atom. The van der Waals surface area contributed by atoms with Gasteiger partial charge in [0.05, 0.1) is 17.7 Å². The minimum atomic E-state index is -0.391. The van der Waals surface area contributed by atoms with Gasteiger partial charge in [-0.2, -0.15) is 0 Å². The first-order chi connectivity index (χ1) is 8.52. The van der Waals surface area contributed by atoms with Crippen molar-refractivity contribution in [3.8, 4) is 5.75 Å². The Kier molecular flexibility index (Phi) is 5.74. The summed E-state index contributed by atoms with van der Waals surface area (Å²) in [6.07, 6.45) is 0.0363. The van der Waals surface area contributed by atoms with Crippen molar-refractivity contribution in [2.24, 2.45) is 0 Å². The predicted octanol–water partition coefficient (Wildman–Crippen LogP) is 2.24. The molecule has 0 aliphatic carbocycles. The molecular formula is C12H17ClN2O3. The third-order valence-electron chi connectivity index (χ3n) is 1.95. The van der Waals surface area contributed by atoms with Gasteiger partial charge in [-0.3, -0.25) is 0 Å². The van der Waals surface area contributed by atoms with Crippen LogP contribution in [0.1, 0.15) is 13.8 Å². The molecule has 0 spiro atoms. The number of benzene rings is 1. The first-order valence-electron chi connectivity index (χ1n) is 5.65. The van der Waals surface area contributed by atoms with Crippen molar-refractivity contribution >= 4 is 23.3 Å². The monoisotopic (exact) mass is 272 g/mol. The molecule has 6 heteroatoms. The highest BCUT2D eigenvalue weighted by Crippen LogP contribution is 2.28. The maximum atomic E-state index is 11.3. The van der Waals surface area contributed by atoms with Crippen LogP contribution in [0.5, 0.6) is 5.75 Å². The van der Waals surface area contributed by atoms with E-state index in [0.29, 0.717) is 16.5 Å². The molecule has 0 radical (unpaired) electrons. The van der Waals surface area contributed by atoms with Crippen molar-refractivity contribution in [2.45, 2.75) is 20.0 Å². The number of aliphatic hydroxyl groups excluding tert-OH is 1. The van der Waals surface area contributed by atoms with Crippen molar-refractivity contribution in [1.82, 2.24) is 5.32 Å².